The Kier molecular flexibility index (Phi) is 3.89. The molecule has 1 saturated carbocycles. The van der Waals surface area contributed by atoms with Crippen molar-refractivity contribution in [3.63, 3.8) is 0 Å². The molecule has 2 aromatic carbocycles. The highest BCUT2D eigenvalue weighted by Gasteiger charge is 2.40. The molecule has 1 unspecified atom stereocenters. The van der Waals surface area contributed by atoms with Crippen LogP contribution in [0.15, 0.2) is 42.5 Å². The van der Waals surface area contributed by atoms with Crippen LogP contribution in [-0.4, -0.2) is 41.9 Å². The lowest BCUT2D eigenvalue weighted by molar-refractivity contribution is -0.0590. The highest BCUT2D eigenvalue weighted by Crippen LogP contribution is 2.38. The van der Waals surface area contributed by atoms with Crippen LogP contribution in [0.5, 0.6) is 0 Å². The summed E-state index contributed by atoms with van der Waals surface area (Å²) in [5.41, 5.74) is 7.11. The molecule has 3 aliphatic rings. The molecule has 1 aliphatic heterocycles. The first-order chi connectivity index (χ1) is 12.3. The Morgan fingerprint density at radius 2 is 1.92 bits per heavy atom. The van der Waals surface area contributed by atoms with Crippen molar-refractivity contribution in [3.05, 3.63) is 59.2 Å². The average molecular weight is 335 g/mol. The molecule has 0 amide bonds. The third-order valence-electron chi connectivity index (χ3n) is 6.25. The van der Waals surface area contributed by atoms with E-state index >= 15 is 0 Å². The van der Waals surface area contributed by atoms with Gasteiger partial charge in [-0.25, -0.2) is 0 Å². The SMILES string of the molecule is OC[C@H]1CC2OCCN(Cc3ccc4c(c3)Cc3ccccc3-4)[C@H]2C1. The zero-order valence-corrected chi connectivity index (χ0v) is 14.5. The number of hydrogen-bond acceptors (Lipinski definition) is 3. The quantitative estimate of drug-likeness (QED) is 0.798. The van der Waals surface area contributed by atoms with E-state index in [0.29, 0.717) is 24.7 Å². The second-order valence-corrected chi connectivity index (χ2v) is 7.79. The second-order valence-electron chi connectivity index (χ2n) is 7.79. The van der Waals surface area contributed by atoms with Crippen molar-refractivity contribution in [1.29, 1.82) is 0 Å². The fraction of sp³-hybridized carbons (Fsp3) is 0.455. The van der Waals surface area contributed by atoms with E-state index in [1.165, 1.54) is 27.8 Å². The smallest absolute Gasteiger partial charge is 0.0734 e. The Bertz CT molecular complexity index is 787. The summed E-state index contributed by atoms with van der Waals surface area (Å²) in [7, 11) is 0. The van der Waals surface area contributed by atoms with Crippen molar-refractivity contribution < 1.29 is 9.84 Å². The zero-order valence-electron chi connectivity index (χ0n) is 14.5. The van der Waals surface area contributed by atoms with E-state index < -0.39 is 0 Å². The lowest BCUT2D eigenvalue weighted by atomic mass is 10.0. The van der Waals surface area contributed by atoms with Gasteiger partial charge in [0, 0.05) is 25.7 Å². The van der Waals surface area contributed by atoms with Gasteiger partial charge < -0.3 is 9.84 Å². The largest absolute Gasteiger partial charge is 0.396 e. The van der Waals surface area contributed by atoms with E-state index in [9.17, 15) is 5.11 Å². The van der Waals surface area contributed by atoms with Gasteiger partial charge >= 0.3 is 0 Å². The molecule has 0 bridgehead atoms. The molecule has 0 radical (unpaired) electrons. The number of ether oxygens (including phenoxy) is 1. The van der Waals surface area contributed by atoms with Crippen molar-refractivity contribution >= 4 is 0 Å². The first-order valence-corrected chi connectivity index (χ1v) is 9.48. The molecule has 130 valence electrons. The van der Waals surface area contributed by atoms with Crippen LogP contribution in [-0.2, 0) is 17.7 Å². The zero-order chi connectivity index (χ0) is 16.8. The van der Waals surface area contributed by atoms with Crippen molar-refractivity contribution in [2.24, 2.45) is 5.92 Å². The number of fused-ring (bicyclic) bond motifs is 4. The summed E-state index contributed by atoms with van der Waals surface area (Å²) in [5.74, 6) is 0.408. The maximum absolute atomic E-state index is 9.51. The van der Waals surface area contributed by atoms with Gasteiger partial charge in [-0.2, -0.15) is 0 Å². The van der Waals surface area contributed by atoms with Crippen molar-refractivity contribution in [1.82, 2.24) is 4.90 Å². The molecule has 0 aromatic heterocycles. The van der Waals surface area contributed by atoms with Gasteiger partial charge in [0.2, 0.25) is 0 Å². The highest BCUT2D eigenvalue weighted by atomic mass is 16.5. The number of nitrogens with zero attached hydrogens (tertiary/aromatic N) is 1. The van der Waals surface area contributed by atoms with Gasteiger partial charge in [-0.1, -0.05) is 42.5 Å². The van der Waals surface area contributed by atoms with Crippen LogP contribution in [0, 0.1) is 5.92 Å². The molecule has 1 heterocycles. The molecule has 5 rings (SSSR count). The number of rotatable bonds is 3. The van der Waals surface area contributed by atoms with Gasteiger partial charge in [-0.15, -0.1) is 0 Å². The van der Waals surface area contributed by atoms with Gasteiger partial charge in [0.15, 0.2) is 0 Å². The van der Waals surface area contributed by atoms with Gasteiger partial charge in [-0.05, 0) is 53.0 Å². The van der Waals surface area contributed by atoms with Gasteiger partial charge in [0.05, 0.1) is 12.7 Å². The van der Waals surface area contributed by atoms with Crippen molar-refractivity contribution in [2.75, 3.05) is 19.8 Å². The molecular formula is C22H25NO2. The number of benzene rings is 2. The summed E-state index contributed by atoms with van der Waals surface area (Å²) >= 11 is 0. The standard InChI is InChI=1S/C22H25NO2/c24-14-16-10-21-22(11-16)25-8-7-23(21)13-15-5-6-20-18(9-15)12-17-3-1-2-4-19(17)20/h1-6,9,16,21-22,24H,7-8,10-14H2/t16-,21+,22?/m1/s1. The average Bonchev–Trinajstić information content (AvgIpc) is 3.22. The second kappa shape index (κ2) is 6.24. The predicted molar refractivity (Wildman–Crippen MR) is 98.4 cm³/mol. The van der Waals surface area contributed by atoms with Crippen LogP contribution in [0.1, 0.15) is 29.5 Å². The number of hydrogen-bond donors (Lipinski definition) is 1. The molecule has 0 spiro atoms. The van der Waals surface area contributed by atoms with E-state index in [-0.39, 0.29) is 0 Å². The van der Waals surface area contributed by atoms with E-state index in [4.69, 9.17) is 4.74 Å². The lowest BCUT2D eigenvalue weighted by Crippen LogP contribution is -2.47. The monoisotopic (exact) mass is 335 g/mol. The van der Waals surface area contributed by atoms with Crippen LogP contribution in [0.4, 0.5) is 0 Å². The molecule has 25 heavy (non-hydrogen) atoms. The maximum Gasteiger partial charge on any atom is 0.0734 e. The van der Waals surface area contributed by atoms with Crippen LogP contribution in [0.25, 0.3) is 11.1 Å². The van der Waals surface area contributed by atoms with Crippen LogP contribution in [0.3, 0.4) is 0 Å². The fourth-order valence-corrected chi connectivity index (χ4v) is 5.00. The fourth-order valence-electron chi connectivity index (χ4n) is 5.00. The summed E-state index contributed by atoms with van der Waals surface area (Å²) in [4.78, 5) is 2.58. The van der Waals surface area contributed by atoms with Gasteiger partial charge in [0.1, 0.15) is 0 Å². The van der Waals surface area contributed by atoms with Crippen LogP contribution in [0.2, 0.25) is 0 Å². The summed E-state index contributed by atoms with van der Waals surface area (Å²) in [5, 5.41) is 9.51. The number of aliphatic hydroxyl groups excluding tert-OH is 1. The predicted octanol–water partition coefficient (Wildman–Crippen LogP) is 3.23. The molecule has 2 aliphatic carbocycles. The van der Waals surface area contributed by atoms with E-state index in [1.54, 1.807) is 0 Å². The Morgan fingerprint density at radius 1 is 1.04 bits per heavy atom. The third-order valence-corrected chi connectivity index (χ3v) is 6.25. The van der Waals surface area contributed by atoms with Crippen LogP contribution < -0.4 is 0 Å². The maximum atomic E-state index is 9.51. The molecule has 1 N–H and O–H groups in total. The highest BCUT2D eigenvalue weighted by molar-refractivity contribution is 5.76. The molecule has 3 nitrogen and oxygen atoms in total. The van der Waals surface area contributed by atoms with Crippen molar-refractivity contribution in [3.8, 4) is 11.1 Å². The third kappa shape index (κ3) is 2.71. The van der Waals surface area contributed by atoms with Gasteiger partial charge in [0.25, 0.3) is 0 Å². The Hall–Kier alpha value is -1.68. The van der Waals surface area contributed by atoms with E-state index in [0.717, 1.165) is 39.0 Å². The van der Waals surface area contributed by atoms with Crippen molar-refractivity contribution in [2.45, 2.75) is 38.0 Å². The summed E-state index contributed by atoms with van der Waals surface area (Å²) < 4.78 is 5.97. The molecular weight excluding hydrogens is 310 g/mol. The number of morpholine rings is 1. The van der Waals surface area contributed by atoms with Crippen LogP contribution >= 0.6 is 0 Å². The molecule has 2 fully saturated rings. The molecule has 2 aromatic rings. The Labute approximate surface area is 149 Å². The first kappa shape index (κ1) is 15.6. The minimum Gasteiger partial charge on any atom is -0.396 e. The topological polar surface area (TPSA) is 32.7 Å². The summed E-state index contributed by atoms with van der Waals surface area (Å²) in [6, 6.07) is 16.2. The molecule has 3 heteroatoms. The van der Waals surface area contributed by atoms with Gasteiger partial charge in [-0.3, -0.25) is 4.90 Å². The Morgan fingerprint density at radius 3 is 2.84 bits per heavy atom. The lowest BCUT2D eigenvalue weighted by Gasteiger charge is -2.37. The summed E-state index contributed by atoms with van der Waals surface area (Å²) in [6.07, 6.45) is 3.44. The molecule has 1 saturated heterocycles. The molecule has 3 atom stereocenters. The summed E-state index contributed by atoms with van der Waals surface area (Å²) in [6.45, 7) is 3.10. The first-order valence-electron chi connectivity index (χ1n) is 9.48. The Balaban J connectivity index is 1.36. The minimum absolute atomic E-state index is 0.293. The normalized spacial score (nSPS) is 27.8. The van der Waals surface area contributed by atoms with E-state index in [1.807, 2.05) is 0 Å². The van der Waals surface area contributed by atoms with E-state index in [2.05, 4.69) is 47.4 Å². The minimum atomic E-state index is 0.293. The number of aliphatic hydroxyl groups is 1.